The van der Waals surface area contributed by atoms with E-state index in [2.05, 4.69) is 26.2 Å². The Balaban J connectivity index is 1.76. The highest BCUT2D eigenvalue weighted by molar-refractivity contribution is 9.10. The highest BCUT2D eigenvalue weighted by Crippen LogP contribution is 2.29. The van der Waals surface area contributed by atoms with Crippen molar-refractivity contribution < 1.29 is 14.1 Å². The van der Waals surface area contributed by atoms with E-state index in [0.717, 1.165) is 0 Å². The van der Waals surface area contributed by atoms with Crippen LogP contribution < -0.4 is 5.32 Å². The Labute approximate surface area is 178 Å². The van der Waals surface area contributed by atoms with Gasteiger partial charge in [-0.15, -0.1) is 0 Å². The molecule has 4 rings (SSSR count). The van der Waals surface area contributed by atoms with E-state index >= 15 is 0 Å². The number of nitro groups is 1. The molecular formula is C22H13BrFN3O3. The number of hydrogen-bond acceptors (Lipinski definition) is 4. The summed E-state index contributed by atoms with van der Waals surface area (Å²) in [4.78, 5) is 28.1. The number of aromatic nitrogens is 1. The van der Waals surface area contributed by atoms with Gasteiger partial charge in [0, 0.05) is 27.6 Å². The highest BCUT2D eigenvalue weighted by atomic mass is 79.9. The minimum absolute atomic E-state index is 0.0900. The van der Waals surface area contributed by atoms with Gasteiger partial charge >= 0.3 is 0 Å². The van der Waals surface area contributed by atoms with Crippen LogP contribution in [-0.2, 0) is 0 Å². The van der Waals surface area contributed by atoms with E-state index in [9.17, 15) is 19.3 Å². The number of nitrogens with zero attached hydrogens (tertiary/aromatic N) is 2. The Morgan fingerprint density at radius 3 is 2.47 bits per heavy atom. The van der Waals surface area contributed by atoms with Crippen LogP contribution in [0.4, 0.5) is 15.8 Å². The van der Waals surface area contributed by atoms with Gasteiger partial charge in [-0.3, -0.25) is 14.9 Å². The maximum Gasteiger partial charge on any atom is 0.270 e. The number of para-hydroxylation sites is 1. The lowest BCUT2D eigenvalue weighted by atomic mass is 10.0. The third-order valence-corrected chi connectivity index (χ3v) is 5.17. The molecule has 0 saturated heterocycles. The number of benzene rings is 3. The predicted molar refractivity (Wildman–Crippen MR) is 116 cm³/mol. The fraction of sp³-hybridized carbons (Fsp3) is 0. The van der Waals surface area contributed by atoms with E-state index < -0.39 is 10.8 Å². The first-order chi connectivity index (χ1) is 14.4. The Bertz CT molecular complexity index is 1290. The van der Waals surface area contributed by atoms with E-state index in [0.29, 0.717) is 37.9 Å². The number of carbonyl (C=O) groups excluding carboxylic acids is 1. The Morgan fingerprint density at radius 1 is 1.03 bits per heavy atom. The van der Waals surface area contributed by atoms with Crippen LogP contribution >= 0.6 is 15.9 Å². The average Bonchev–Trinajstić information content (AvgIpc) is 2.74. The second-order valence-corrected chi connectivity index (χ2v) is 7.31. The van der Waals surface area contributed by atoms with Crippen molar-refractivity contribution in [2.45, 2.75) is 0 Å². The maximum atomic E-state index is 13.3. The number of pyridine rings is 1. The van der Waals surface area contributed by atoms with Crippen molar-refractivity contribution in [3.63, 3.8) is 0 Å². The van der Waals surface area contributed by atoms with Crippen molar-refractivity contribution >= 4 is 44.1 Å². The minimum atomic E-state index is -0.512. The molecule has 8 heteroatoms. The van der Waals surface area contributed by atoms with E-state index in [-0.39, 0.29) is 11.5 Å². The smallest absolute Gasteiger partial charge is 0.270 e. The van der Waals surface area contributed by atoms with Gasteiger partial charge in [0.1, 0.15) is 5.82 Å². The fourth-order valence-corrected chi connectivity index (χ4v) is 3.51. The molecule has 1 amide bonds. The van der Waals surface area contributed by atoms with Crippen LogP contribution in [0.2, 0.25) is 0 Å². The van der Waals surface area contributed by atoms with Crippen LogP contribution in [0.3, 0.4) is 0 Å². The zero-order valence-electron chi connectivity index (χ0n) is 15.3. The van der Waals surface area contributed by atoms with Gasteiger partial charge in [0.25, 0.3) is 11.6 Å². The summed E-state index contributed by atoms with van der Waals surface area (Å²) in [5, 5.41) is 14.3. The lowest BCUT2D eigenvalue weighted by Gasteiger charge is -2.11. The largest absolute Gasteiger partial charge is 0.321 e. The number of nitrogens with one attached hydrogen (secondary N) is 1. The van der Waals surface area contributed by atoms with Gasteiger partial charge < -0.3 is 5.32 Å². The van der Waals surface area contributed by atoms with Crippen molar-refractivity contribution in [2.24, 2.45) is 0 Å². The molecule has 0 saturated carbocycles. The van der Waals surface area contributed by atoms with Crippen molar-refractivity contribution in [1.29, 1.82) is 0 Å². The summed E-state index contributed by atoms with van der Waals surface area (Å²) in [5.74, 6) is -0.757. The fourth-order valence-electron chi connectivity index (χ4n) is 3.04. The van der Waals surface area contributed by atoms with Crippen molar-refractivity contribution in [1.82, 2.24) is 4.98 Å². The van der Waals surface area contributed by atoms with Crippen molar-refractivity contribution in [3.8, 4) is 11.3 Å². The first-order valence-electron chi connectivity index (χ1n) is 8.83. The second-order valence-electron chi connectivity index (χ2n) is 6.45. The third kappa shape index (κ3) is 3.90. The summed E-state index contributed by atoms with van der Waals surface area (Å²) in [6, 6.07) is 18.8. The summed E-state index contributed by atoms with van der Waals surface area (Å²) in [6.07, 6.45) is 0. The van der Waals surface area contributed by atoms with Gasteiger partial charge in [0.05, 0.1) is 27.4 Å². The molecule has 6 nitrogen and oxygen atoms in total. The van der Waals surface area contributed by atoms with Gasteiger partial charge in [-0.1, -0.05) is 18.2 Å². The molecule has 1 N–H and O–H groups in total. The molecule has 1 aromatic heterocycles. The lowest BCUT2D eigenvalue weighted by molar-refractivity contribution is -0.384. The molecule has 0 spiro atoms. The zero-order valence-corrected chi connectivity index (χ0v) is 16.9. The number of amides is 1. The van der Waals surface area contributed by atoms with Gasteiger partial charge in [0.2, 0.25) is 0 Å². The Hall–Kier alpha value is -3.65. The average molecular weight is 466 g/mol. The van der Waals surface area contributed by atoms with E-state index in [4.69, 9.17) is 0 Å². The van der Waals surface area contributed by atoms with Crippen molar-refractivity contribution in [2.75, 3.05) is 5.32 Å². The Kier molecular flexibility index (Phi) is 5.24. The monoisotopic (exact) mass is 465 g/mol. The second kappa shape index (κ2) is 8.00. The number of halogens is 2. The number of carbonyl (C=O) groups is 1. The summed E-state index contributed by atoms with van der Waals surface area (Å²) < 4.78 is 13.7. The molecule has 3 aromatic carbocycles. The van der Waals surface area contributed by atoms with Crippen LogP contribution in [0, 0.1) is 15.9 Å². The third-order valence-electron chi connectivity index (χ3n) is 4.51. The highest BCUT2D eigenvalue weighted by Gasteiger charge is 2.16. The number of non-ortho nitro benzene ring substituents is 1. The molecular weight excluding hydrogens is 453 g/mol. The van der Waals surface area contributed by atoms with Gasteiger partial charge in [-0.05, 0) is 58.4 Å². The van der Waals surface area contributed by atoms with E-state index in [1.807, 2.05) is 6.07 Å². The number of rotatable bonds is 4. The topological polar surface area (TPSA) is 85.1 Å². The SMILES string of the molecule is O=C(Nc1ccc([N+](=O)[O-])cc1Br)c1cc(-c2ccc(F)cc2)nc2ccccc12. The van der Waals surface area contributed by atoms with E-state index in [1.54, 1.807) is 36.4 Å². The molecule has 0 aliphatic rings. The van der Waals surface area contributed by atoms with Crippen molar-refractivity contribution in [3.05, 3.63) is 98.8 Å². The van der Waals surface area contributed by atoms with Crippen LogP contribution in [0.1, 0.15) is 10.4 Å². The normalized spacial score (nSPS) is 10.7. The molecule has 4 aromatic rings. The molecule has 0 unspecified atom stereocenters. The summed E-state index contributed by atoms with van der Waals surface area (Å²) in [7, 11) is 0. The zero-order chi connectivity index (χ0) is 21.3. The molecule has 0 aliphatic carbocycles. The summed E-state index contributed by atoms with van der Waals surface area (Å²) in [5.41, 5.74) is 2.51. The summed E-state index contributed by atoms with van der Waals surface area (Å²) in [6.45, 7) is 0. The number of nitro benzene ring substituents is 1. The molecule has 30 heavy (non-hydrogen) atoms. The van der Waals surface area contributed by atoms with Crippen LogP contribution in [0.15, 0.2) is 77.3 Å². The standard InChI is InChI=1S/C22H13BrFN3O3/c23-18-11-15(27(29)30)9-10-20(18)26-22(28)17-12-21(13-5-7-14(24)8-6-13)25-19-4-2-1-3-16(17)19/h1-12H,(H,26,28). The number of fused-ring (bicyclic) bond motifs is 1. The first kappa shape index (κ1) is 19.7. The van der Waals surface area contributed by atoms with Gasteiger partial charge in [-0.2, -0.15) is 0 Å². The van der Waals surface area contributed by atoms with Crippen LogP contribution in [-0.4, -0.2) is 15.8 Å². The van der Waals surface area contributed by atoms with Gasteiger partial charge in [-0.25, -0.2) is 9.37 Å². The molecule has 0 fully saturated rings. The predicted octanol–water partition coefficient (Wildman–Crippen LogP) is 5.96. The van der Waals surface area contributed by atoms with E-state index in [1.165, 1.54) is 30.3 Å². The quantitative estimate of drug-likeness (QED) is 0.297. The van der Waals surface area contributed by atoms with Crippen LogP contribution in [0.5, 0.6) is 0 Å². The molecule has 0 atom stereocenters. The summed E-state index contributed by atoms with van der Waals surface area (Å²) >= 11 is 3.26. The molecule has 0 radical (unpaired) electrons. The first-order valence-corrected chi connectivity index (χ1v) is 9.63. The minimum Gasteiger partial charge on any atom is -0.321 e. The molecule has 0 bridgehead atoms. The maximum absolute atomic E-state index is 13.3. The number of anilines is 1. The van der Waals surface area contributed by atoms with Gasteiger partial charge in [0.15, 0.2) is 0 Å². The molecule has 0 aliphatic heterocycles. The molecule has 148 valence electrons. The molecule has 1 heterocycles. The lowest BCUT2D eigenvalue weighted by Crippen LogP contribution is -2.13. The van der Waals surface area contributed by atoms with Crippen LogP contribution in [0.25, 0.3) is 22.2 Å². The Morgan fingerprint density at radius 2 is 1.77 bits per heavy atom. The number of hydrogen-bond donors (Lipinski definition) is 1.